The maximum absolute atomic E-state index is 8.90. The quantitative estimate of drug-likeness (QED) is 0.887. The van der Waals surface area contributed by atoms with E-state index in [0.29, 0.717) is 17.7 Å². The van der Waals surface area contributed by atoms with Crippen LogP contribution in [0.3, 0.4) is 0 Å². The summed E-state index contributed by atoms with van der Waals surface area (Å²) in [5, 5.41) is 12.3. The zero-order chi connectivity index (χ0) is 13.0. The lowest BCUT2D eigenvalue weighted by Gasteiger charge is -2.29. The number of nitriles is 1. The highest BCUT2D eigenvalue weighted by Gasteiger charge is 2.21. The molecule has 2 unspecified atom stereocenters. The molecule has 0 saturated heterocycles. The van der Waals surface area contributed by atoms with Crippen LogP contribution in [0.15, 0.2) is 6.07 Å². The van der Waals surface area contributed by atoms with Gasteiger partial charge < -0.3 is 5.32 Å². The lowest BCUT2D eigenvalue weighted by atomic mass is 9.84. The van der Waals surface area contributed by atoms with E-state index in [1.54, 1.807) is 6.07 Å². The largest absolute Gasteiger partial charge is 0.351 e. The monoisotopic (exact) mass is 244 g/mol. The molecule has 0 radical (unpaired) electrons. The van der Waals surface area contributed by atoms with Crippen molar-refractivity contribution in [3.8, 4) is 6.07 Å². The van der Waals surface area contributed by atoms with Gasteiger partial charge in [0.15, 0.2) is 0 Å². The minimum atomic E-state index is 0.438. The minimum absolute atomic E-state index is 0.438. The standard InChI is InChI=1S/C14H20N4/c1-3-11-5-4-6-12(8-11)17-14-16-10(2)7-13(9-15)18-14/h7,11-12H,3-6,8H2,1-2H3,(H,16,17,18). The molecule has 1 N–H and O–H groups in total. The molecule has 1 aliphatic carbocycles. The van der Waals surface area contributed by atoms with Crippen LogP contribution in [0.5, 0.6) is 0 Å². The highest BCUT2D eigenvalue weighted by molar-refractivity contribution is 5.33. The van der Waals surface area contributed by atoms with Gasteiger partial charge in [0.2, 0.25) is 5.95 Å². The number of hydrogen-bond donors (Lipinski definition) is 1. The summed E-state index contributed by atoms with van der Waals surface area (Å²) in [5.74, 6) is 1.42. The second kappa shape index (κ2) is 5.81. The molecular formula is C14H20N4. The predicted molar refractivity (Wildman–Crippen MR) is 71.1 cm³/mol. The van der Waals surface area contributed by atoms with Crippen molar-refractivity contribution in [1.82, 2.24) is 9.97 Å². The van der Waals surface area contributed by atoms with Crippen LogP contribution in [-0.4, -0.2) is 16.0 Å². The maximum Gasteiger partial charge on any atom is 0.224 e. The lowest BCUT2D eigenvalue weighted by Crippen LogP contribution is -2.28. The summed E-state index contributed by atoms with van der Waals surface area (Å²) in [6, 6.07) is 4.24. The summed E-state index contributed by atoms with van der Waals surface area (Å²) in [6.07, 6.45) is 6.22. The summed E-state index contributed by atoms with van der Waals surface area (Å²) in [7, 11) is 0. The van der Waals surface area contributed by atoms with Crippen LogP contribution < -0.4 is 5.32 Å². The molecule has 1 heterocycles. The van der Waals surface area contributed by atoms with Crippen LogP contribution >= 0.6 is 0 Å². The zero-order valence-electron chi connectivity index (χ0n) is 11.1. The summed E-state index contributed by atoms with van der Waals surface area (Å²) < 4.78 is 0. The van der Waals surface area contributed by atoms with E-state index in [-0.39, 0.29) is 0 Å². The van der Waals surface area contributed by atoms with Gasteiger partial charge in [-0.1, -0.05) is 26.2 Å². The van der Waals surface area contributed by atoms with Gasteiger partial charge in [-0.05, 0) is 31.7 Å². The molecule has 2 rings (SSSR count). The fourth-order valence-corrected chi connectivity index (χ4v) is 2.67. The SMILES string of the molecule is CCC1CCCC(Nc2nc(C)cc(C#N)n2)C1. The molecule has 1 saturated carbocycles. The topological polar surface area (TPSA) is 61.6 Å². The Kier molecular flexibility index (Phi) is 4.14. The van der Waals surface area contributed by atoms with Crippen LogP contribution in [-0.2, 0) is 0 Å². The molecule has 4 nitrogen and oxygen atoms in total. The van der Waals surface area contributed by atoms with E-state index >= 15 is 0 Å². The molecule has 4 heteroatoms. The van der Waals surface area contributed by atoms with Crippen molar-refractivity contribution in [3.63, 3.8) is 0 Å². The van der Waals surface area contributed by atoms with Gasteiger partial charge >= 0.3 is 0 Å². The first kappa shape index (κ1) is 12.8. The second-order valence-electron chi connectivity index (χ2n) is 5.11. The molecule has 18 heavy (non-hydrogen) atoms. The first-order valence-electron chi connectivity index (χ1n) is 6.73. The van der Waals surface area contributed by atoms with E-state index in [0.717, 1.165) is 11.6 Å². The van der Waals surface area contributed by atoms with Crippen molar-refractivity contribution in [3.05, 3.63) is 17.5 Å². The third kappa shape index (κ3) is 3.19. The van der Waals surface area contributed by atoms with E-state index in [1.807, 2.05) is 6.92 Å². The van der Waals surface area contributed by atoms with Crippen molar-refractivity contribution in [2.75, 3.05) is 5.32 Å². The summed E-state index contributed by atoms with van der Waals surface area (Å²) in [4.78, 5) is 8.57. The predicted octanol–water partition coefficient (Wildman–Crippen LogP) is 3.04. The Morgan fingerprint density at radius 3 is 3.00 bits per heavy atom. The summed E-state index contributed by atoms with van der Waals surface area (Å²) in [6.45, 7) is 4.15. The van der Waals surface area contributed by atoms with E-state index in [2.05, 4.69) is 28.3 Å². The molecule has 1 aliphatic rings. The molecule has 0 aromatic carbocycles. The molecule has 0 spiro atoms. The first-order chi connectivity index (χ1) is 8.71. The van der Waals surface area contributed by atoms with Gasteiger partial charge in [0.1, 0.15) is 11.8 Å². The van der Waals surface area contributed by atoms with E-state index < -0.39 is 0 Å². The van der Waals surface area contributed by atoms with E-state index in [4.69, 9.17) is 5.26 Å². The average Bonchev–Trinajstić information content (AvgIpc) is 2.38. The van der Waals surface area contributed by atoms with Gasteiger partial charge in [-0.15, -0.1) is 0 Å². The Balaban J connectivity index is 2.05. The second-order valence-corrected chi connectivity index (χ2v) is 5.11. The molecule has 2 atom stereocenters. The minimum Gasteiger partial charge on any atom is -0.351 e. The van der Waals surface area contributed by atoms with Crippen LogP contribution in [0.1, 0.15) is 50.4 Å². The number of nitrogens with zero attached hydrogens (tertiary/aromatic N) is 3. The van der Waals surface area contributed by atoms with Gasteiger partial charge in [0.25, 0.3) is 0 Å². The zero-order valence-corrected chi connectivity index (χ0v) is 11.1. The molecular weight excluding hydrogens is 224 g/mol. The van der Waals surface area contributed by atoms with Crippen molar-refractivity contribution in [2.45, 2.75) is 52.0 Å². The number of nitrogens with one attached hydrogen (secondary N) is 1. The van der Waals surface area contributed by atoms with Gasteiger partial charge in [0, 0.05) is 11.7 Å². The highest BCUT2D eigenvalue weighted by atomic mass is 15.1. The maximum atomic E-state index is 8.90. The highest BCUT2D eigenvalue weighted by Crippen LogP contribution is 2.28. The summed E-state index contributed by atoms with van der Waals surface area (Å²) in [5.41, 5.74) is 1.28. The fraction of sp³-hybridized carbons (Fsp3) is 0.643. The molecule has 0 bridgehead atoms. The Labute approximate surface area is 108 Å². The van der Waals surface area contributed by atoms with E-state index in [1.165, 1.54) is 32.1 Å². The number of hydrogen-bond acceptors (Lipinski definition) is 4. The van der Waals surface area contributed by atoms with E-state index in [9.17, 15) is 0 Å². The molecule has 0 aliphatic heterocycles. The molecule has 96 valence electrons. The molecule has 1 aromatic heterocycles. The van der Waals surface area contributed by atoms with Crippen LogP contribution in [0, 0.1) is 24.2 Å². The van der Waals surface area contributed by atoms with Crippen LogP contribution in [0.2, 0.25) is 0 Å². The average molecular weight is 244 g/mol. The Hall–Kier alpha value is -1.63. The van der Waals surface area contributed by atoms with Gasteiger partial charge in [-0.2, -0.15) is 5.26 Å². The number of anilines is 1. The van der Waals surface area contributed by atoms with Crippen LogP contribution in [0.4, 0.5) is 5.95 Å². The van der Waals surface area contributed by atoms with Gasteiger partial charge in [-0.25, -0.2) is 9.97 Å². The number of aromatic nitrogens is 2. The summed E-state index contributed by atoms with van der Waals surface area (Å²) >= 11 is 0. The lowest BCUT2D eigenvalue weighted by molar-refractivity contribution is 0.326. The van der Waals surface area contributed by atoms with Crippen molar-refractivity contribution in [1.29, 1.82) is 5.26 Å². The van der Waals surface area contributed by atoms with Gasteiger partial charge in [-0.3, -0.25) is 0 Å². The van der Waals surface area contributed by atoms with Crippen molar-refractivity contribution in [2.24, 2.45) is 5.92 Å². The number of rotatable bonds is 3. The Morgan fingerprint density at radius 2 is 2.28 bits per heavy atom. The smallest absolute Gasteiger partial charge is 0.224 e. The molecule has 1 fully saturated rings. The van der Waals surface area contributed by atoms with Gasteiger partial charge in [0.05, 0.1) is 0 Å². The van der Waals surface area contributed by atoms with Crippen LogP contribution in [0.25, 0.3) is 0 Å². The Morgan fingerprint density at radius 1 is 1.44 bits per heavy atom. The number of aryl methyl sites for hydroxylation is 1. The van der Waals surface area contributed by atoms with Crippen molar-refractivity contribution < 1.29 is 0 Å². The normalized spacial score (nSPS) is 23.4. The molecule has 0 amide bonds. The molecule has 1 aromatic rings. The third-order valence-electron chi connectivity index (χ3n) is 3.66. The fourth-order valence-electron chi connectivity index (χ4n) is 2.67. The van der Waals surface area contributed by atoms with Crippen molar-refractivity contribution >= 4 is 5.95 Å². The third-order valence-corrected chi connectivity index (χ3v) is 3.66. The first-order valence-corrected chi connectivity index (χ1v) is 6.73. The Bertz CT molecular complexity index is 450.